The summed E-state index contributed by atoms with van der Waals surface area (Å²) < 4.78 is 24.1. The zero-order chi connectivity index (χ0) is 19.8. The number of hydrogen-bond donors (Lipinski definition) is 0. The van der Waals surface area contributed by atoms with Crippen LogP contribution in [0, 0.1) is 19.7 Å². The van der Waals surface area contributed by atoms with Gasteiger partial charge < -0.3 is 14.4 Å². The van der Waals surface area contributed by atoms with Crippen molar-refractivity contribution in [2.24, 2.45) is 0 Å². The van der Waals surface area contributed by atoms with Gasteiger partial charge in [0.2, 0.25) is 0 Å². The zero-order valence-corrected chi connectivity index (χ0v) is 16.7. The molecule has 6 nitrogen and oxygen atoms in total. The molecule has 1 aliphatic heterocycles. The molecule has 1 fully saturated rings. The largest absolute Gasteiger partial charge is 0.465 e. The SMILES string of the molecule is COC(=O)c1sc2nc(C)nc(N3CCOC(c4ccc(F)cc4)C3)c2c1C. The van der Waals surface area contributed by atoms with E-state index in [1.54, 1.807) is 12.1 Å². The van der Waals surface area contributed by atoms with Gasteiger partial charge in [-0.3, -0.25) is 0 Å². The number of ether oxygens (including phenoxy) is 2. The molecule has 0 aliphatic carbocycles. The molecule has 1 aromatic carbocycles. The number of nitrogens with zero attached hydrogens (tertiary/aromatic N) is 3. The van der Waals surface area contributed by atoms with Crippen LogP contribution in [0.2, 0.25) is 0 Å². The highest BCUT2D eigenvalue weighted by atomic mass is 32.1. The van der Waals surface area contributed by atoms with Gasteiger partial charge >= 0.3 is 5.97 Å². The first-order valence-corrected chi connectivity index (χ1v) is 9.77. The summed E-state index contributed by atoms with van der Waals surface area (Å²) in [7, 11) is 1.37. The van der Waals surface area contributed by atoms with E-state index in [0.717, 1.165) is 27.2 Å². The van der Waals surface area contributed by atoms with E-state index >= 15 is 0 Å². The Labute approximate surface area is 165 Å². The van der Waals surface area contributed by atoms with Crippen molar-refractivity contribution >= 4 is 33.3 Å². The average molecular weight is 401 g/mol. The number of anilines is 1. The van der Waals surface area contributed by atoms with Crippen molar-refractivity contribution < 1.29 is 18.7 Å². The molecule has 0 spiro atoms. The number of hydrogen-bond acceptors (Lipinski definition) is 7. The summed E-state index contributed by atoms with van der Waals surface area (Å²) >= 11 is 1.32. The van der Waals surface area contributed by atoms with Crippen LogP contribution in [-0.4, -0.2) is 42.7 Å². The van der Waals surface area contributed by atoms with Gasteiger partial charge in [0.15, 0.2) is 0 Å². The second-order valence-corrected chi connectivity index (χ2v) is 7.68. The van der Waals surface area contributed by atoms with Gasteiger partial charge in [-0.1, -0.05) is 12.1 Å². The van der Waals surface area contributed by atoms with Gasteiger partial charge in [-0.15, -0.1) is 11.3 Å². The maximum atomic E-state index is 13.3. The topological polar surface area (TPSA) is 64.5 Å². The number of rotatable bonds is 3. The van der Waals surface area contributed by atoms with E-state index in [1.165, 1.54) is 30.6 Å². The molecule has 0 N–H and O–H groups in total. The first-order chi connectivity index (χ1) is 13.5. The summed E-state index contributed by atoms with van der Waals surface area (Å²) in [4.78, 5) is 24.8. The smallest absolute Gasteiger partial charge is 0.348 e. The van der Waals surface area contributed by atoms with E-state index in [2.05, 4.69) is 14.9 Å². The lowest BCUT2D eigenvalue weighted by Crippen LogP contribution is -2.39. The molecule has 0 bridgehead atoms. The third kappa shape index (κ3) is 3.33. The van der Waals surface area contributed by atoms with Crippen LogP contribution >= 0.6 is 11.3 Å². The number of methoxy groups -OCH3 is 1. The van der Waals surface area contributed by atoms with Crippen molar-refractivity contribution in [2.45, 2.75) is 20.0 Å². The lowest BCUT2D eigenvalue weighted by atomic mass is 10.1. The van der Waals surface area contributed by atoms with Gasteiger partial charge in [0.05, 0.1) is 19.1 Å². The molecule has 8 heteroatoms. The number of morpholine rings is 1. The minimum atomic E-state index is -0.365. The van der Waals surface area contributed by atoms with Crippen LogP contribution in [-0.2, 0) is 9.47 Å². The summed E-state index contributed by atoms with van der Waals surface area (Å²) in [6.07, 6.45) is -0.182. The zero-order valence-electron chi connectivity index (χ0n) is 15.9. The number of aryl methyl sites for hydroxylation is 2. The third-order valence-corrected chi connectivity index (χ3v) is 6.03. The summed E-state index contributed by atoms with van der Waals surface area (Å²) in [5.74, 6) is 0.802. The molecule has 0 amide bonds. The first kappa shape index (κ1) is 18.8. The number of benzene rings is 1. The summed E-state index contributed by atoms with van der Waals surface area (Å²) in [6, 6.07) is 6.37. The fourth-order valence-corrected chi connectivity index (χ4v) is 4.60. The molecule has 1 saturated heterocycles. The van der Waals surface area contributed by atoms with E-state index in [9.17, 15) is 9.18 Å². The van der Waals surface area contributed by atoms with Gasteiger partial charge in [-0.05, 0) is 37.1 Å². The molecule has 1 atom stereocenters. The lowest BCUT2D eigenvalue weighted by molar-refractivity contribution is 0.0395. The normalized spacial score (nSPS) is 17.1. The molecule has 1 unspecified atom stereocenters. The monoisotopic (exact) mass is 401 g/mol. The quantitative estimate of drug-likeness (QED) is 0.622. The van der Waals surface area contributed by atoms with Crippen LogP contribution in [0.25, 0.3) is 10.2 Å². The first-order valence-electron chi connectivity index (χ1n) is 8.96. The maximum Gasteiger partial charge on any atom is 0.348 e. The highest BCUT2D eigenvalue weighted by Gasteiger charge is 2.27. The summed E-state index contributed by atoms with van der Waals surface area (Å²) in [6.45, 7) is 5.52. The van der Waals surface area contributed by atoms with Crippen molar-refractivity contribution in [3.63, 3.8) is 0 Å². The fourth-order valence-electron chi connectivity index (χ4n) is 3.46. The van der Waals surface area contributed by atoms with Gasteiger partial charge in [0, 0.05) is 13.1 Å². The second-order valence-electron chi connectivity index (χ2n) is 6.68. The van der Waals surface area contributed by atoms with Crippen LogP contribution in [0.5, 0.6) is 0 Å². The number of thiophene rings is 1. The molecule has 28 heavy (non-hydrogen) atoms. The second kappa shape index (κ2) is 7.44. The number of aromatic nitrogens is 2. The Bertz CT molecular complexity index is 1040. The third-order valence-electron chi connectivity index (χ3n) is 4.86. The van der Waals surface area contributed by atoms with E-state index in [1.807, 2.05) is 13.8 Å². The van der Waals surface area contributed by atoms with Crippen molar-refractivity contribution in [3.05, 3.63) is 51.9 Å². The number of halogens is 1. The van der Waals surface area contributed by atoms with Gasteiger partial charge in [-0.25, -0.2) is 19.2 Å². The van der Waals surface area contributed by atoms with Gasteiger partial charge in [0.25, 0.3) is 0 Å². The Kier molecular flexibility index (Phi) is 4.99. The van der Waals surface area contributed by atoms with E-state index in [0.29, 0.717) is 30.4 Å². The lowest BCUT2D eigenvalue weighted by Gasteiger charge is -2.34. The number of carbonyl (C=O) groups is 1. The molecule has 1 aliphatic rings. The molecule has 2 aromatic heterocycles. The van der Waals surface area contributed by atoms with Crippen molar-refractivity contribution in [2.75, 3.05) is 31.7 Å². The Balaban J connectivity index is 1.74. The van der Waals surface area contributed by atoms with Crippen LogP contribution in [0.3, 0.4) is 0 Å². The van der Waals surface area contributed by atoms with E-state index in [4.69, 9.17) is 9.47 Å². The molecular weight excluding hydrogens is 381 g/mol. The molecule has 0 radical (unpaired) electrons. The van der Waals surface area contributed by atoms with Crippen LogP contribution in [0.4, 0.5) is 10.2 Å². The Hall–Kier alpha value is -2.58. The number of carbonyl (C=O) groups excluding carboxylic acids is 1. The van der Waals surface area contributed by atoms with Gasteiger partial charge in [-0.2, -0.15) is 0 Å². The van der Waals surface area contributed by atoms with Crippen molar-refractivity contribution in [3.8, 4) is 0 Å². The minimum Gasteiger partial charge on any atom is -0.465 e. The maximum absolute atomic E-state index is 13.3. The Morgan fingerprint density at radius 2 is 2.04 bits per heavy atom. The molecule has 0 saturated carbocycles. The van der Waals surface area contributed by atoms with Crippen LogP contribution in [0.1, 0.15) is 32.7 Å². The van der Waals surface area contributed by atoms with Crippen molar-refractivity contribution in [1.82, 2.24) is 9.97 Å². The predicted octanol–water partition coefficient (Wildman–Crippen LogP) is 3.81. The Morgan fingerprint density at radius 3 is 2.75 bits per heavy atom. The molecule has 3 aromatic rings. The predicted molar refractivity (Wildman–Crippen MR) is 106 cm³/mol. The highest BCUT2D eigenvalue weighted by molar-refractivity contribution is 7.20. The average Bonchev–Trinajstić information content (AvgIpc) is 3.03. The minimum absolute atomic E-state index is 0.182. The number of esters is 1. The standard InChI is InChI=1S/C20H20FN3O3S/c1-11-16-18(22-12(2)23-19(16)28-17(11)20(25)26-3)24-8-9-27-15(10-24)13-4-6-14(21)7-5-13/h4-7,15H,8-10H2,1-3H3. The fraction of sp³-hybridized carbons (Fsp3) is 0.350. The highest BCUT2D eigenvalue weighted by Crippen LogP contribution is 2.37. The van der Waals surface area contributed by atoms with E-state index in [-0.39, 0.29) is 17.9 Å². The van der Waals surface area contributed by atoms with Gasteiger partial charge in [0.1, 0.15) is 33.3 Å². The molecular formula is C20H20FN3O3S. The Morgan fingerprint density at radius 1 is 1.29 bits per heavy atom. The molecule has 146 valence electrons. The summed E-state index contributed by atoms with van der Waals surface area (Å²) in [5, 5.41) is 0.871. The van der Waals surface area contributed by atoms with Crippen molar-refractivity contribution in [1.29, 1.82) is 0 Å². The van der Waals surface area contributed by atoms with E-state index < -0.39 is 0 Å². The molecule has 4 rings (SSSR count). The number of fused-ring (bicyclic) bond motifs is 1. The molecule has 3 heterocycles. The van der Waals surface area contributed by atoms with Crippen LogP contribution in [0.15, 0.2) is 24.3 Å². The van der Waals surface area contributed by atoms with Crippen LogP contribution < -0.4 is 4.90 Å². The summed E-state index contributed by atoms with van der Waals surface area (Å²) in [5.41, 5.74) is 1.75.